The summed E-state index contributed by atoms with van der Waals surface area (Å²) in [6.45, 7) is 9.23. The Hall–Kier alpha value is -1.26. The molecule has 0 spiro atoms. The molecule has 0 bridgehead atoms. The molecule has 0 aliphatic rings. The highest BCUT2D eigenvalue weighted by Gasteiger charge is 2.14. The molecule has 0 fully saturated rings. The van der Waals surface area contributed by atoms with Crippen LogP contribution in [0.3, 0.4) is 0 Å². The zero-order chi connectivity index (χ0) is 14.4. The largest absolute Gasteiger partial charge is 0.508 e. The molecule has 107 valence electrons. The van der Waals surface area contributed by atoms with E-state index in [1.54, 1.807) is 6.07 Å². The van der Waals surface area contributed by atoms with Crippen molar-refractivity contribution in [3.05, 3.63) is 29.7 Å². The number of hydrogen-bond donors (Lipinski definition) is 3. The van der Waals surface area contributed by atoms with Crippen LogP contribution in [-0.4, -0.2) is 30.3 Å². The van der Waals surface area contributed by atoms with Crippen molar-refractivity contribution in [2.24, 2.45) is 5.73 Å². The molecule has 2 unspecified atom stereocenters. The van der Waals surface area contributed by atoms with Crippen LogP contribution in [0.4, 0.5) is 0 Å². The second-order valence-electron chi connectivity index (χ2n) is 4.93. The molecular weight excluding hydrogens is 240 g/mol. The number of hydrogen-bond acceptors (Lipinski definition) is 4. The van der Waals surface area contributed by atoms with Crippen LogP contribution in [0.5, 0.6) is 11.5 Å². The van der Waals surface area contributed by atoms with Crippen LogP contribution >= 0.6 is 0 Å². The van der Waals surface area contributed by atoms with Gasteiger partial charge < -0.3 is 20.9 Å². The minimum absolute atomic E-state index is 0.0409. The van der Waals surface area contributed by atoms with Gasteiger partial charge >= 0.3 is 0 Å². The average molecular weight is 265 g/mol. The molecule has 4 nitrogen and oxygen atoms in total. The van der Waals surface area contributed by atoms with Crippen LogP contribution in [0.1, 0.15) is 31.9 Å². The monoisotopic (exact) mass is 265 g/mol. The Morgan fingerprint density at radius 2 is 2.11 bits per heavy atom. The van der Waals surface area contributed by atoms with Gasteiger partial charge in [0, 0.05) is 24.1 Å². The first-order valence-electron chi connectivity index (χ1n) is 6.74. The van der Waals surface area contributed by atoms with E-state index in [0.29, 0.717) is 12.4 Å². The van der Waals surface area contributed by atoms with Gasteiger partial charge in [0.1, 0.15) is 18.1 Å². The molecule has 0 saturated heterocycles. The van der Waals surface area contributed by atoms with E-state index in [1.807, 2.05) is 19.9 Å². The molecule has 0 aliphatic carbocycles. The number of rotatable bonds is 7. The average Bonchev–Trinajstić information content (AvgIpc) is 2.33. The zero-order valence-electron chi connectivity index (χ0n) is 12.2. The number of benzene rings is 1. The molecule has 4 N–H and O–H groups in total. The van der Waals surface area contributed by atoms with Crippen molar-refractivity contribution >= 4 is 0 Å². The van der Waals surface area contributed by atoms with E-state index in [2.05, 4.69) is 25.6 Å². The molecule has 0 aromatic heterocycles. The highest BCUT2D eigenvalue weighted by Crippen LogP contribution is 2.32. The van der Waals surface area contributed by atoms with Crippen LogP contribution in [0.15, 0.2) is 12.1 Å². The Labute approximate surface area is 116 Å². The van der Waals surface area contributed by atoms with Crippen molar-refractivity contribution < 1.29 is 9.84 Å². The van der Waals surface area contributed by atoms with E-state index in [0.717, 1.165) is 17.7 Å². The van der Waals surface area contributed by atoms with Crippen LogP contribution in [0.2, 0.25) is 0 Å². The van der Waals surface area contributed by atoms with Crippen molar-refractivity contribution in [3.63, 3.8) is 0 Å². The lowest BCUT2D eigenvalue weighted by Crippen LogP contribution is -2.27. The van der Waals surface area contributed by atoms with Gasteiger partial charge in [0.2, 0.25) is 0 Å². The summed E-state index contributed by atoms with van der Waals surface area (Å²) >= 11 is 0. The van der Waals surface area contributed by atoms with Crippen LogP contribution in [0.25, 0.3) is 0 Å². The van der Waals surface area contributed by atoms with Gasteiger partial charge in [-0.1, -0.05) is 13.0 Å². The molecule has 1 aromatic rings. The zero-order valence-corrected chi connectivity index (χ0v) is 12.2. The maximum absolute atomic E-state index is 9.79. The lowest BCUT2D eigenvalue weighted by molar-refractivity contribution is 0.290. The van der Waals surface area contributed by atoms with Gasteiger partial charge in [-0.2, -0.15) is 0 Å². The summed E-state index contributed by atoms with van der Waals surface area (Å²) in [5.41, 5.74) is 7.44. The van der Waals surface area contributed by atoms with Gasteiger partial charge in [-0.25, -0.2) is 0 Å². The summed E-state index contributed by atoms with van der Waals surface area (Å²) in [5.74, 6) is 0.954. The highest BCUT2D eigenvalue weighted by molar-refractivity contribution is 5.51. The maximum atomic E-state index is 9.79. The first-order chi connectivity index (χ1) is 8.95. The standard InChI is InChI=1S/C15H25N2O2/c1-5-17-11(3)8-13-6-7-14(18)12(4)15(13)19-9-10(2)16/h6-8,10-11,17-18H,5,9,16H2,1-4H3. The van der Waals surface area contributed by atoms with Gasteiger partial charge in [0.05, 0.1) is 0 Å². The van der Waals surface area contributed by atoms with Crippen molar-refractivity contribution in [3.8, 4) is 11.5 Å². The number of nitrogens with two attached hydrogens (primary N) is 1. The van der Waals surface area contributed by atoms with E-state index in [1.165, 1.54) is 0 Å². The normalized spacial score (nSPS) is 14.2. The number of aromatic hydroxyl groups is 1. The van der Waals surface area contributed by atoms with E-state index < -0.39 is 0 Å². The van der Waals surface area contributed by atoms with Crippen molar-refractivity contribution in [2.45, 2.75) is 39.8 Å². The third kappa shape index (κ3) is 4.73. The molecule has 2 atom stereocenters. The fraction of sp³-hybridized carbons (Fsp3) is 0.533. The van der Waals surface area contributed by atoms with E-state index >= 15 is 0 Å². The predicted octanol–water partition coefficient (Wildman–Crippen LogP) is 1.98. The first kappa shape index (κ1) is 15.8. The molecule has 4 heteroatoms. The second kappa shape index (κ2) is 7.36. The van der Waals surface area contributed by atoms with Gasteiger partial charge in [-0.05, 0) is 38.9 Å². The SMILES string of the molecule is CCNC(C)[CH]c1ccc(O)c(C)c1OCC(C)N. The summed E-state index contributed by atoms with van der Waals surface area (Å²) in [4.78, 5) is 0. The van der Waals surface area contributed by atoms with E-state index in [9.17, 15) is 5.11 Å². The number of ether oxygens (including phenoxy) is 1. The molecule has 19 heavy (non-hydrogen) atoms. The summed E-state index contributed by atoms with van der Waals surface area (Å²) < 4.78 is 5.75. The Morgan fingerprint density at radius 3 is 2.68 bits per heavy atom. The first-order valence-corrected chi connectivity index (χ1v) is 6.74. The number of phenolic OH excluding ortho intramolecular Hbond substituents is 1. The topological polar surface area (TPSA) is 67.5 Å². The Morgan fingerprint density at radius 1 is 1.42 bits per heavy atom. The van der Waals surface area contributed by atoms with E-state index in [-0.39, 0.29) is 17.8 Å². The van der Waals surface area contributed by atoms with Crippen LogP contribution in [0, 0.1) is 13.3 Å². The smallest absolute Gasteiger partial charge is 0.129 e. The lowest BCUT2D eigenvalue weighted by Gasteiger charge is -2.19. The minimum atomic E-state index is -0.0409. The molecule has 1 aromatic carbocycles. The molecule has 1 radical (unpaired) electrons. The summed E-state index contributed by atoms with van der Waals surface area (Å²) in [5, 5.41) is 13.1. The fourth-order valence-electron chi connectivity index (χ4n) is 1.89. The van der Waals surface area contributed by atoms with Crippen LogP contribution < -0.4 is 15.8 Å². The third-order valence-electron chi connectivity index (χ3n) is 2.85. The summed E-state index contributed by atoms with van der Waals surface area (Å²) in [6.07, 6.45) is 2.09. The number of likely N-dealkylation sites (N-methyl/N-ethyl adjacent to an activating group) is 1. The third-order valence-corrected chi connectivity index (χ3v) is 2.85. The second-order valence-corrected chi connectivity index (χ2v) is 4.93. The quantitative estimate of drug-likeness (QED) is 0.705. The fourth-order valence-corrected chi connectivity index (χ4v) is 1.89. The van der Waals surface area contributed by atoms with Crippen LogP contribution in [-0.2, 0) is 0 Å². The molecule has 0 heterocycles. The Kier molecular flexibility index (Phi) is 6.12. The molecule has 1 rings (SSSR count). The summed E-state index contributed by atoms with van der Waals surface area (Å²) in [6, 6.07) is 3.76. The Bertz CT molecular complexity index is 405. The van der Waals surface area contributed by atoms with Crippen molar-refractivity contribution in [1.82, 2.24) is 5.32 Å². The summed E-state index contributed by atoms with van der Waals surface area (Å²) in [7, 11) is 0. The van der Waals surface area contributed by atoms with Crippen molar-refractivity contribution in [1.29, 1.82) is 0 Å². The Balaban J connectivity index is 2.92. The highest BCUT2D eigenvalue weighted by atomic mass is 16.5. The molecule has 0 amide bonds. The van der Waals surface area contributed by atoms with Gasteiger partial charge in [0.15, 0.2) is 0 Å². The molecule has 0 aliphatic heterocycles. The van der Waals surface area contributed by atoms with Crippen molar-refractivity contribution in [2.75, 3.05) is 13.2 Å². The van der Waals surface area contributed by atoms with E-state index in [4.69, 9.17) is 10.5 Å². The predicted molar refractivity (Wildman–Crippen MR) is 78.5 cm³/mol. The number of phenols is 1. The maximum Gasteiger partial charge on any atom is 0.129 e. The molecule has 0 saturated carbocycles. The van der Waals surface area contributed by atoms with Gasteiger partial charge in [-0.15, -0.1) is 0 Å². The lowest BCUT2D eigenvalue weighted by atomic mass is 10.0. The van der Waals surface area contributed by atoms with Gasteiger partial charge in [-0.3, -0.25) is 0 Å². The minimum Gasteiger partial charge on any atom is -0.508 e. The van der Waals surface area contributed by atoms with Gasteiger partial charge in [0.25, 0.3) is 0 Å². The number of nitrogens with one attached hydrogen (secondary N) is 1. The molecular formula is C15H25N2O2.